The molecule has 98 valence electrons. The molecule has 19 heavy (non-hydrogen) atoms. The van der Waals surface area contributed by atoms with Crippen LogP contribution in [0.4, 0.5) is 0 Å². The van der Waals surface area contributed by atoms with Gasteiger partial charge in [0.15, 0.2) is 0 Å². The first kappa shape index (κ1) is 11.8. The smallest absolute Gasteiger partial charge is 0.273 e. The topological polar surface area (TPSA) is 61.4 Å². The van der Waals surface area contributed by atoms with Crippen LogP contribution in [-0.2, 0) is 0 Å². The second-order valence-electron chi connectivity index (χ2n) is 5.03. The maximum Gasteiger partial charge on any atom is 0.273 e. The van der Waals surface area contributed by atoms with Crippen molar-refractivity contribution < 1.29 is 9.90 Å². The summed E-state index contributed by atoms with van der Waals surface area (Å²) in [6.45, 7) is 0. The van der Waals surface area contributed by atoms with E-state index in [9.17, 15) is 9.90 Å². The molecule has 3 rings (SSSR count). The van der Waals surface area contributed by atoms with Gasteiger partial charge < -0.3 is 10.5 Å². The highest BCUT2D eigenvalue weighted by atomic mass is 16.3. The van der Waals surface area contributed by atoms with E-state index in [4.69, 9.17) is 0 Å². The molecule has 0 radical (unpaired) electrons. The minimum atomic E-state index is -0.339. The molecule has 0 saturated heterocycles. The average Bonchev–Trinajstić information content (AvgIpc) is 3.01. The average molecular weight is 256 g/mol. The summed E-state index contributed by atoms with van der Waals surface area (Å²) in [5, 5.41) is 9.56. The Morgan fingerprint density at radius 3 is 2.84 bits per heavy atom. The Morgan fingerprint density at radius 1 is 1.32 bits per heavy atom. The molecule has 0 heterocycles. The predicted molar refractivity (Wildman–Crippen MR) is 72.1 cm³/mol. The van der Waals surface area contributed by atoms with E-state index in [1.54, 1.807) is 18.2 Å². The zero-order chi connectivity index (χ0) is 13.2. The molecule has 0 spiro atoms. The van der Waals surface area contributed by atoms with E-state index in [0.717, 1.165) is 6.42 Å². The third kappa shape index (κ3) is 2.34. The van der Waals surface area contributed by atoms with E-state index in [0.29, 0.717) is 11.8 Å². The summed E-state index contributed by atoms with van der Waals surface area (Å²) in [7, 11) is 0. The van der Waals surface area contributed by atoms with Crippen molar-refractivity contribution in [1.82, 2.24) is 10.9 Å². The molecule has 2 aliphatic carbocycles. The Labute approximate surface area is 111 Å². The fourth-order valence-corrected chi connectivity index (χ4v) is 2.75. The molecule has 1 fully saturated rings. The summed E-state index contributed by atoms with van der Waals surface area (Å²) < 4.78 is 0. The normalized spacial score (nSPS) is 25.8. The van der Waals surface area contributed by atoms with Gasteiger partial charge in [0.05, 0.1) is 5.56 Å². The van der Waals surface area contributed by atoms with Crippen molar-refractivity contribution in [3.8, 4) is 5.75 Å². The quantitative estimate of drug-likeness (QED) is 0.573. The summed E-state index contributed by atoms with van der Waals surface area (Å²) >= 11 is 0. The molecule has 2 bridgehead atoms. The SMILES string of the molecule is O=C(NN/C=C1\C[C@@H]2C=C[C@H]1C2)c1ccccc1O. The first-order chi connectivity index (χ1) is 9.24. The number of rotatable bonds is 3. The minimum Gasteiger partial charge on any atom is -0.507 e. The lowest BCUT2D eigenvalue weighted by Crippen LogP contribution is -2.34. The van der Waals surface area contributed by atoms with E-state index in [-0.39, 0.29) is 17.2 Å². The highest BCUT2D eigenvalue weighted by Crippen LogP contribution is 2.42. The van der Waals surface area contributed by atoms with Crippen LogP contribution in [-0.4, -0.2) is 11.0 Å². The summed E-state index contributed by atoms with van der Waals surface area (Å²) in [5.74, 6) is 0.845. The van der Waals surface area contributed by atoms with Crippen molar-refractivity contribution in [2.75, 3.05) is 0 Å². The number of hydrazine groups is 1. The van der Waals surface area contributed by atoms with Crippen LogP contribution in [0.15, 0.2) is 48.2 Å². The van der Waals surface area contributed by atoms with Gasteiger partial charge in [-0.2, -0.15) is 0 Å². The van der Waals surface area contributed by atoms with Gasteiger partial charge in [0, 0.05) is 12.1 Å². The van der Waals surface area contributed by atoms with E-state index in [1.807, 2.05) is 6.20 Å². The number of phenolic OH excluding ortho intramolecular Hbond substituents is 1. The number of nitrogens with one attached hydrogen (secondary N) is 2. The number of carbonyl (C=O) groups is 1. The van der Waals surface area contributed by atoms with Gasteiger partial charge in [0.1, 0.15) is 5.75 Å². The molecule has 1 saturated carbocycles. The third-order valence-corrected chi connectivity index (χ3v) is 3.74. The molecule has 1 aromatic rings. The second-order valence-corrected chi connectivity index (χ2v) is 5.03. The molecule has 3 N–H and O–H groups in total. The van der Waals surface area contributed by atoms with Crippen molar-refractivity contribution in [1.29, 1.82) is 0 Å². The molecule has 2 atom stereocenters. The van der Waals surface area contributed by atoms with Gasteiger partial charge in [0.25, 0.3) is 5.91 Å². The number of hydrogen-bond donors (Lipinski definition) is 3. The summed E-state index contributed by atoms with van der Waals surface area (Å²) in [4.78, 5) is 11.8. The van der Waals surface area contributed by atoms with Gasteiger partial charge in [-0.15, -0.1) is 0 Å². The zero-order valence-electron chi connectivity index (χ0n) is 10.5. The number of allylic oxidation sites excluding steroid dienone is 3. The second kappa shape index (κ2) is 4.80. The highest BCUT2D eigenvalue weighted by molar-refractivity contribution is 5.96. The van der Waals surface area contributed by atoms with E-state index in [1.165, 1.54) is 18.1 Å². The van der Waals surface area contributed by atoms with Crippen LogP contribution in [0.3, 0.4) is 0 Å². The minimum absolute atomic E-state index is 0.0164. The maximum atomic E-state index is 11.8. The first-order valence-electron chi connectivity index (χ1n) is 6.45. The van der Waals surface area contributed by atoms with Crippen LogP contribution in [0.5, 0.6) is 5.75 Å². The summed E-state index contributed by atoms with van der Waals surface area (Å²) in [6, 6.07) is 6.48. The van der Waals surface area contributed by atoms with Gasteiger partial charge in [-0.05, 0) is 36.5 Å². The number of carbonyl (C=O) groups excluding carboxylic acids is 1. The Bertz CT molecular complexity index is 563. The first-order valence-corrected chi connectivity index (χ1v) is 6.45. The van der Waals surface area contributed by atoms with Gasteiger partial charge in [-0.3, -0.25) is 10.2 Å². The Kier molecular flexibility index (Phi) is 2.99. The van der Waals surface area contributed by atoms with Crippen LogP contribution in [0.2, 0.25) is 0 Å². The molecule has 1 amide bonds. The molecular formula is C15H16N2O2. The van der Waals surface area contributed by atoms with Crippen molar-refractivity contribution in [2.24, 2.45) is 11.8 Å². The molecule has 4 heteroatoms. The van der Waals surface area contributed by atoms with Crippen LogP contribution in [0.1, 0.15) is 23.2 Å². The zero-order valence-corrected chi connectivity index (χ0v) is 10.5. The Hall–Kier alpha value is -2.23. The van der Waals surface area contributed by atoms with Crippen LogP contribution < -0.4 is 10.9 Å². The lowest BCUT2D eigenvalue weighted by atomic mass is 10.0. The van der Waals surface area contributed by atoms with Crippen molar-refractivity contribution in [3.05, 3.63) is 53.8 Å². The predicted octanol–water partition coefficient (Wildman–Crippen LogP) is 2.11. The van der Waals surface area contributed by atoms with Gasteiger partial charge in [-0.25, -0.2) is 0 Å². The van der Waals surface area contributed by atoms with Crippen molar-refractivity contribution in [2.45, 2.75) is 12.8 Å². The molecular weight excluding hydrogens is 240 g/mol. The van der Waals surface area contributed by atoms with Gasteiger partial charge >= 0.3 is 0 Å². The lowest BCUT2D eigenvalue weighted by molar-refractivity contribution is 0.0938. The summed E-state index contributed by atoms with van der Waals surface area (Å²) in [5.41, 5.74) is 7.00. The number of para-hydroxylation sites is 1. The highest BCUT2D eigenvalue weighted by Gasteiger charge is 2.30. The fraction of sp³-hybridized carbons (Fsp3) is 0.267. The lowest BCUT2D eigenvalue weighted by Gasteiger charge is -2.10. The van der Waals surface area contributed by atoms with Gasteiger partial charge in [-0.1, -0.05) is 24.3 Å². The largest absolute Gasteiger partial charge is 0.507 e. The molecule has 0 aliphatic heterocycles. The standard InChI is InChI=1S/C15H16N2O2/c18-14-4-2-1-3-13(14)15(19)17-16-9-12-8-10-5-6-11(12)7-10/h1-6,9-11,16,18H,7-8H2,(H,17,19)/b12-9+/t10-,11+/m1/s1. The fourth-order valence-electron chi connectivity index (χ4n) is 2.75. The summed E-state index contributed by atoms with van der Waals surface area (Å²) in [6.07, 6.45) is 8.63. The number of phenols is 1. The number of benzene rings is 1. The van der Waals surface area contributed by atoms with Crippen LogP contribution in [0.25, 0.3) is 0 Å². The molecule has 0 unspecified atom stereocenters. The Balaban J connectivity index is 1.59. The molecule has 0 aromatic heterocycles. The van der Waals surface area contributed by atoms with E-state index < -0.39 is 0 Å². The molecule has 2 aliphatic rings. The monoisotopic (exact) mass is 256 g/mol. The van der Waals surface area contributed by atoms with Crippen LogP contribution >= 0.6 is 0 Å². The number of aromatic hydroxyl groups is 1. The Morgan fingerprint density at radius 2 is 2.16 bits per heavy atom. The van der Waals surface area contributed by atoms with Crippen molar-refractivity contribution in [3.63, 3.8) is 0 Å². The van der Waals surface area contributed by atoms with Crippen molar-refractivity contribution >= 4 is 5.91 Å². The van der Waals surface area contributed by atoms with Crippen LogP contribution in [0, 0.1) is 11.8 Å². The molecule has 1 aromatic carbocycles. The maximum absolute atomic E-state index is 11.8. The number of fused-ring (bicyclic) bond motifs is 2. The van der Waals surface area contributed by atoms with Gasteiger partial charge in [0.2, 0.25) is 0 Å². The number of amides is 1. The van der Waals surface area contributed by atoms with E-state index in [2.05, 4.69) is 23.0 Å². The van der Waals surface area contributed by atoms with E-state index >= 15 is 0 Å². The third-order valence-electron chi connectivity index (χ3n) is 3.74. The number of hydrogen-bond acceptors (Lipinski definition) is 3. The molecule has 4 nitrogen and oxygen atoms in total.